The predicted octanol–water partition coefficient (Wildman–Crippen LogP) is 6.06. The van der Waals surface area contributed by atoms with Crippen molar-refractivity contribution in [2.45, 2.75) is 45.7 Å². The second-order valence-corrected chi connectivity index (χ2v) is 10.2. The van der Waals surface area contributed by atoms with Crippen molar-refractivity contribution >= 4 is 44.9 Å². The van der Waals surface area contributed by atoms with Crippen molar-refractivity contribution < 1.29 is 4.79 Å². The molecule has 0 bridgehead atoms. The van der Waals surface area contributed by atoms with Crippen molar-refractivity contribution in [2.75, 3.05) is 11.1 Å². The maximum absolute atomic E-state index is 13.6. The number of thiophene rings is 1. The Hall–Kier alpha value is -2.90. The minimum atomic E-state index is -0.131. The van der Waals surface area contributed by atoms with Crippen LogP contribution < -0.4 is 10.9 Å². The van der Waals surface area contributed by atoms with Gasteiger partial charge in [-0.15, -0.1) is 11.3 Å². The molecule has 0 aliphatic carbocycles. The standard InChI is InChI=1S/C26H27N3O2S2/c1-5-9-21-18(4)23-24(33-21)28-26(29(25(23)31)20-10-7-6-8-11-20)32-15-22(30)27-19-13-16(2)12-17(3)14-19/h6-8,10-14H,5,9,15H2,1-4H3,(H,27,30). The van der Waals surface area contributed by atoms with Gasteiger partial charge in [-0.2, -0.15) is 0 Å². The number of hydrogen-bond donors (Lipinski definition) is 1. The van der Waals surface area contributed by atoms with Crippen LogP contribution in [-0.4, -0.2) is 21.2 Å². The van der Waals surface area contributed by atoms with E-state index in [0.717, 1.165) is 45.7 Å². The van der Waals surface area contributed by atoms with E-state index in [0.29, 0.717) is 10.5 Å². The van der Waals surface area contributed by atoms with Crippen LogP contribution in [0.2, 0.25) is 0 Å². The Balaban J connectivity index is 1.69. The third-order valence-electron chi connectivity index (χ3n) is 5.36. The second-order valence-electron chi connectivity index (χ2n) is 8.16. The summed E-state index contributed by atoms with van der Waals surface area (Å²) >= 11 is 2.86. The zero-order chi connectivity index (χ0) is 23.5. The maximum atomic E-state index is 13.6. The van der Waals surface area contributed by atoms with E-state index in [1.54, 1.807) is 15.9 Å². The highest BCUT2D eigenvalue weighted by molar-refractivity contribution is 7.99. The normalized spacial score (nSPS) is 11.2. The number of nitrogens with zero attached hydrogens (tertiary/aromatic N) is 2. The summed E-state index contributed by atoms with van der Waals surface area (Å²) in [6.45, 7) is 8.15. The Labute approximate surface area is 201 Å². The third-order valence-corrected chi connectivity index (χ3v) is 7.55. The lowest BCUT2D eigenvalue weighted by Gasteiger charge is -2.12. The molecule has 0 spiro atoms. The van der Waals surface area contributed by atoms with Crippen LogP contribution in [-0.2, 0) is 11.2 Å². The summed E-state index contributed by atoms with van der Waals surface area (Å²) in [6, 6.07) is 15.5. The highest BCUT2D eigenvalue weighted by Gasteiger charge is 2.19. The number of amides is 1. The minimum Gasteiger partial charge on any atom is -0.325 e. The fourth-order valence-corrected chi connectivity index (χ4v) is 6.08. The van der Waals surface area contributed by atoms with Crippen LogP contribution in [0.15, 0.2) is 58.5 Å². The van der Waals surface area contributed by atoms with Crippen molar-refractivity contribution in [3.8, 4) is 5.69 Å². The Morgan fingerprint density at radius 1 is 1.09 bits per heavy atom. The van der Waals surface area contributed by atoms with Crippen molar-refractivity contribution in [1.29, 1.82) is 0 Å². The molecule has 2 heterocycles. The summed E-state index contributed by atoms with van der Waals surface area (Å²) in [6.07, 6.45) is 1.94. The number of para-hydroxylation sites is 1. The van der Waals surface area contributed by atoms with Crippen LogP contribution in [0.5, 0.6) is 0 Å². The number of carbonyl (C=O) groups is 1. The van der Waals surface area contributed by atoms with E-state index in [4.69, 9.17) is 4.98 Å². The van der Waals surface area contributed by atoms with E-state index in [2.05, 4.69) is 18.3 Å². The van der Waals surface area contributed by atoms with Gasteiger partial charge in [0, 0.05) is 10.6 Å². The average molecular weight is 478 g/mol. The van der Waals surface area contributed by atoms with Gasteiger partial charge >= 0.3 is 0 Å². The molecule has 0 atom stereocenters. The third kappa shape index (κ3) is 5.04. The molecule has 1 N–H and O–H groups in total. The molecular formula is C26H27N3O2S2. The molecule has 7 heteroatoms. The molecule has 0 unspecified atom stereocenters. The summed E-state index contributed by atoms with van der Waals surface area (Å²) in [7, 11) is 0. The van der Waals surface area contributed by atoms with Crippen LogP contribution in [0.1, 0.15) is 34.9 Å². The zero-order valence-corrected chi connectivity index (χ0v) is 20.9. The monoisotopic (exact) mass is 477 g/mol. The first-order valence-corrected chi connectivity index (χ1v) is 12.8. The van der Waals surface area contributed by atoms with Crippen LogP contribution in [0, 0.1) is 20.8 Å². The molecule has 5 nitrogen and oxygen atoms in total. The number of rotatable bonds is 7. The molecular weight excluding hydrogens is 450 g/mol. The molecule has 1 amide bonds. The lowest BCUT2D eigenvalue weighted by molar-refractivity contribution is -0.113. The Bertz CT molecular complexity index is 1350. The van der Waals surface area contributed by atoms with Crippen LogP contribution >= 0.6 is 23.1 Å². The minimum absolute atomic E-state index is 0.0838. The molecule has 2 aromatic carbocycles. The van der Waals surface area contributed by atoms with Gasteiger partial charge < -0.3 is 5.32 Å². The van der Waals surface area contributed by atoms with Crippen molar-refractivity contribution in [2.24, 2.45) is 0 Å². The van der Waals surface area contributed by atoms with E-state index in [9.17, 15) is 9.59 Å². The predicted molar refractivity (Wildman–Crippen MR) is 139 cm³/mol. The van der Waals surface area contributed by atoms with Crippen LogP contribution in [0.25, 0.3) is 15.9 Å². The first-order valence-electron chi connectivity index (χ1n) is 11.0. The highest BCUT2D eigenvalue weighted by atomic mass is 32.2. The summed E-state index contributed by atoms with van der Waals surface area (Å²) in [4.78, 5) is 33.1. The molecule has 4 aromatic rings. The Morgan fingerprint density at radius 2 is 1.79 bits per heavy atom. The van der Waals surface area contributed by atoms with Crippen molar-refractivity contribution in [1.82, 2.24) is 9.55 Å². The molecule has 0 saturated carbocycles. The number of benzene rings is 2. The number of nitrogens with one attached hydrogen (secondary N) is 1. The largest absolute Gasteiger partial charge is 0.325 e. The highest BCUT2D eigenvalue weighted by Crippen LogP contribution is 2.31. The van der Waals surface area contributed by atoms with E-state index in [1.807, 2.05) is 63.2 Å². The molecule has 2 aromatic heterocycles. The van der Waals surface area contributed by atoms with Gasteiger partial charge in [-0.1, -0.05) is 49.4 Å². The Morgan fingerprint density at radius 3 is 2.45 bits per heavy atom. The second kappa shape index (κ2) is 9.93. The van der Waals surface area contributed by atoms with Gasteiger partial charge in [0.15, 0.2) is 5.16 Å². The quantitative estimate of drug-likeness (QED) is 0.260. The fraction of sp³-hybridized carbons (Fsp3) is 0.269. The summed E-state index contributed by atoms with van der Waals surface area (Å²) in [5, 5.41) is 4.17. The van der Waals surface area contributed by atoms with Crippen LogP contribution in [0.3, 0.4) is 0 Å². The van der Waals surface area contributed by atoms with E-state index in [-0.39, 0.29) is 17.2 Å². The molecule has 4 rings (SSSR count). The topological polar surface area (TPSA) is 64.0 Å². The van der Waals surface area contributed by atoms with E-state index < -0.39 is 0 Å². The van der Waals surface area contributed by atoms with Crippen molar-refractivity contribution in [3.63, 3.8) is 0 Å². The number of aromatic nitrogens is 2. The van der Waals surface area contributed by atoms with Crippen LogP contribution in [0.4, 0.5) is 5.69 Å². The summed E-state index contributed by atoms with van der Waals surface area (Å²) in [5.74, 6) is 0.0252. The van der Waals surface area contributed by atoms with Crippen molar-refractivity contribution in [3.05, 3.63) is 80.5 Å². The van der Waals surface area contributed by atoms with Gasteiger partial charge in [0.25, 0.3) is 5.56 Å². The molecule has 0 saturated heterocycles. The lowest BCUT2D eigenvalue weighted by Crippen LogP contribution is -2.22. The molecule has 0 fully saturated rings. The van der Waals surface area contributed by atoms with Gasteiger partial charge in [0.2, 0.25) is 5.91 Å². The first kappa shape index (κ1) is 23.3. The van der Waals surface area contributed by atoms with Gasteiger partial charge in [0.05, 0.1) is 16.8 Å². The number of aryl methyl sites for hydroxylation is 4. The summed E-state index contributed by atoms with van der Waals surface area (Å²) in [5.41, 5.74) is 4.65. The number of fused-ring (bicyclic) bond motifs is 1. The molecule has 170 valence electrons. The van der Waals surface area contributed by atoms with Gasteiger partial charge in [-0.05, 0) is 68.1 Å². The number of hydrogen-bond acceptors (Lipinski definition) is 5. The van der Waals surface area contributed by atoms with Gasteiger partial charge in [-0.3, -0.25) is 14.2 Å². The van der Waals surface area contributed by atoms with E-state index in [1.165, 1.54) is 16.6 Å². The zero-order valence-electron chi connectivity index (χ0n) is 19.3. The molecule has 0 radical (unpaired) electrons. The maximum Gasteiger partial charge on any atom is 0.267 e. The number of anilines is 1. The number of thioether (sulfide) groups is 1. The molecule has 33 heavy (non-hydrogen) atoms. The summed E-state index contributed by atoms with van der Waals surface area (Å²) < 4.78 is 1.63. The molecule has 0 aliphatic rings. The molecule has 0 aliphatic heterocycles. The Kier molecular flexibility index (Phi) is 7.00. The number of carbonyl (C=O) groups excluding carboxylic acids is 1. The smallest absolute Gasteiger partial charge is 0.267 e. The fourth-order valence-electron chi connectivity index (χ4n) is 3.95. The first-order chi connectivity index (χ1) is 15.9. The van der Waals surface area contributed by atoms with E-state index >= 15 is 0 Å². The SMILES string of the molecule is CCCc1sc2nc(SCC(=O)Nc3cc(C)cc(C)c3)n(-c3ccccc3)c(=O)c2c1C. The van der Waals surface area contributed by atoms with Gasteiger partial charge in [-0.25, -0.2) is 4.98 Å². The average Bonchev–Trinajstić information content (AvgIpc) is 3.08. The lowest BCUT2D eigenvalue weighted by atomic mass is 10.1. The van der Waals surface area contributed by atoms with Gasteiger partial charge in [0.1, 0.15) is 4.83 Å².